The number of para-hydroxylation sites is 1. The molecule has 1 unspecified atom stereocenters. The van der Waals surface area contributed by atoms with Crippen LogP contribution in [0.15, 0.2) is 60.5 Å². The van der Waals surface area contributed by atoms with E-state index >= 15 is 0 Å². The van der Waals surface area contributed by atoms with Gasteiger partial charge < -0.3 is 19.6 Å². The number of aromatic nitrogens is 3. The molecule has 0 fully saturated rings. The van der Waals surface area contributed by atoms with Gasteiger partial charge in [-0.1, -0.05) is 25.1 Å². The lowest BCUT2D eigenvalue weighted by Gasteiger charge is -2.26. The lowest BCUT2D eigenvalue weighted by Crippen LogP contribution is -2.31. The average molecular weight is 350 g/mol. The second kappa shape index (κ2) is 6.71. The highest BCUT2D eigenvalue weighted by molar-refractivity contribution is 5.97. The third-order valence-electron chi connectivity index (χ3n) is 5.08. The van der Waals surface area contributed by atoms with Crippen molar-refractivity contribution in [1.29, 1.82) is 0 Å². The van der Waals surface area contributed by atoms with Gasteiger partial charge in [0.1, 0.15) is 0 Å². The van der Waals surface area contributed by atoms with Crippen LogP contribution in [0.3, 0.4) is 0 Å². The van der Waals surface area contributed by atoms with Crippen LogP contribution in [0.4, 0.5) is 0 Å². The van der Waals surface area contributed by atoms with Gasteiger partial charge in [-0.05, 0) is 18.9 Å². The molecule has 0 radical (unpaired) electrons. The van der Waals surface area contributed by atoms with Gasteiger partial charge in [0, 0.05) is 53.7 Å². The summed E-state index contributed by atoms with van der Waals surface area (Å²) >= 11 is 0. The first kappa shape index (κ1) is 16.4. The van der Waals surface area contributed by atoms with Crippen LogP contribution in [-0.2, 0) is 11.3 Å². The van der Waals surface area contributed by atoms with Gasteiger partial charge in [0.05, 0.1) is 12.4 Å². The van der Waals surface area contributed by atoms with Crippen molar-refractivity contribution >= 4 is 16.8 Å². The van der Waals surface area contributed by atoms with Crippen LogP contribution in [0.1, 0.15) is 31.4 Å². The van der Waals surface area contributed by atoms with Crippen molar-refractivity contribution < 1.29 is 9.90 Å². The maximum atomic E-state index is 12.7. The number of fused-ring (bicyclic) bond motifs is 1. The molecule has 3 heterocycles. The van der Waals surface area contributed by atoms with E-state index in [-0.39, 0.29) is 17.7 Å². The summed E-state index contributed by atoms with van der Waals surface area (Å²) in [4.78, 5) is 21.8. The Morgan fingerprint density at radius 1 is 1.27 bits per heavy atom. The van der Waals surface area contributed by atoms with Gasteiger partial charge in [-0.15, -0.1) is 0 Å². The quantitative estimate of drug-likeness (QED) is 0.714. The number of rotatable bonds is 6. The van der Waals surface area contributed by atoms with Crippen molar-refractivity contribution in [2.45, 2.75) is 32.4 Å². The maximum Gasteiger partial charge on any atom is 0.289 e. The van der Waals surface area contributed by atoms with Crippen molar-refractivity contribution in [1.82, 2.24) is 19.4 Å². The molecule has 0 saturated heterocycles. The molecule has 0 spiro atoms. The van der Waals surface area contributed by atoms with Crippen LogP contribution in [0.2, 0.25) is 0 Å². The third kappa shape index (κ3) is 2.67. The molecule has 134 valence electrons. The summed E-state index contributed by atoms with van der Waals surface area (Å²) in [5.41, 5.74) is 2.87. The number of carbonyl (C=O) groups is 1. The SMILES string of the molecule is CCC1=C(O)C(=O)N(CCCn2ccnc2)C1c1c[nH]c2ccccc12. The Bertz CT molecular complexity index is 955. The molecule has 26 heavy (non-hydrogen) atoms. The van der Waals surface area contributed by atoms with Crippen molar-refractivity contribution in [2.24, 2.45) is 0 Å². The van der Waals surface area contributed by atoms with Crippen molar-refractivity contribution in [3.8, 4) is 0 Å². The number of carbonyl (C=O) groups excluding carboxylic acids is 1. The molecule has 4 rings (SSSR count). The van der Waals surface area contributed by atoms with E-state index in [2.05, 4.69) is 16.0 Å². The Hall–Kier alpha value is -3.02. The summed E-state index contributed by atoms with van der Waals surface area (Å²) in [6.07, 6.45) is 8.83. The molecule has 1 aromatic carbocycles. The number of aryl methyl sites for hydroxylation is 1. The lowest BCUT2D eigenvalue weighted by molar-refractivity contribution is -0.129. The molecule has 0 bridgehead atoms. The lowest BCUT2D eigenvalue weighted by atomic mass is 9.97. The molecule has 3 aromatic rings. The Balaban J connectivity index is 1.64. The number of hydrogen-bond acceptors (Lipinski definition) is 3. The van der Waals surface area contributed by atoms with Crippen LogP contribution in [0.5, 0.6) is 0 Å². The zero-order valence-electron chi connectivity index (χ0n) is 14.7. The van der Waals surface area contributed by atoms with Crippen LogP contribution in [0, 0.1) is 0 Å². The fourth-order valence-electron chi connectivity index (χ4n) is 3.82. The number of aliphatic hydroxyl groups is 1. The standard InChI is InChI=1S/C20H22N4O2/c1-2-14-18(16-12-22-17-7-4-3-6-15(16)17)24(20(26)19(14)25)10-5-9-23-11-8-21-13-23/h3-4,6-8,11-13,18,22,25H,2,5,9-10H2,1H3. The summed E-state index contributed by atoms with van der Waals surface area (Å²) < 4.78 is 2.00. The molecule has 2 N–H and O–H groups in total. The fourth-order valence-corrected chi connectivity index (χ4v) is 3.82. The predicted octanol–water partition coefficient (Wildman–Crippen LogP) is 3.56. The minimum Gasteiger partial charge on any atom is -0.503 e. The maximum absolute atomic E-state index is 12.7. The van der Waals surface area contributed by atoms with E-state index in [1.54, 1.807) is 17.4 Å². The van der Waals surface area contributed by atoms with Crippen LogP contribution >= 0.6 is 0 Å². The Kier molecular flexibility index (Phi) is 4.24. The summed E-state index contributed by atoms with van der Waals surface area (Å²) in [6.45, 7) is 3.34. The zero-order chi connectivity index (χ0) is 18.1. The van der Waals surface area contributed by atoms with Crippen molar-refractivity contribution in [3.05, 3.63) is 66.1 Å². The van der Waals surface area contributed by atoms with E-state index < -0.39 is 0 Å². The van der Waals surface area contributed by atoms with Crippen molar-refractivity contribution in [3.63, 3.8) is 0 Å². The van der Waals surface area contributed by atoms with E-state index in [1.807, 2.05) is 42.1 Å². The van der Waals surface area contributed by atoms with E-state index in [1.165, 1.54) is 0 Å². The minimum atomic E-state index is -0.275. The molecular weight excluding hydrogens is 328 g/mol. The second-order valence-electron chi connectivity index (χ2n) is 6.57. The largest absolute Gasteiger partial charge is 0.503 e. The van der Waals surface area contributed by atoms with Gasteiger partial charge in [-0.25, -0.2) is 4.98 Å². The highest BCUT2D eigenvalue weighted by atomic mass is 16.3. The molecule has 1 amide bonds. The minimum absolute atomic E-state index is 0.0922. The van der Waals surface area contributed by atoms with Gasteiger partial charge >= 0.3 is 0 Å². The van der Waals surface area contributed by atoms with E-state index in [0.717, 1.165) is 35.0 Å². The van der Waals surface area contributed by atoms with Crippen LogP contribution < -0.4 is 0 Å². The zero-order valence-corrected chi connectivity index (χ0v) is 14.7. The average Bonchev–Trinajstić information content (AvgIpc) is 3.36. The van der Waals surface area contributed by atoms with Crippen LogP contribution in [-0.4, -0.2) is 37.0 Å². The Labute approximate surface area is 151 Å². The summed E-state index contributed by atoms with van der Waals surface area (Å²) in [5, 5.41) is 11.5. The third-order valence-corrected chi connectivity index (χ3v) is 5.08. The van der Waals surface area contributed by atoms with E-state index in [4.69, 9.17) is 0 Å². The number of amides is 1. The summed E-state index contributed by atoms with van der Waals surface area (Å²) in [7, 11) is 0. The van der Waals surface area contributed by atoms with Gasteiger partial charge in [-0.3, -0.25) is 4.79 Å². The van der Waals surface area contributed by atoms with Crippen LogP contribution in [0.25, 0.3) is 10.9 Å². The molecular formula is C20H22N4O2. The number of nitrogens with zero attached hydrogens (tertiary/aromatic N) is 3. The number of nitrogens with one attached hydrogen (secondary N) is 1. The number of H-pyrrole nitrogens is 1. The molecule has 2 aromatic heterocycles. The smallest absolute Gasteiger partial charge is 0.289 e. The number of imidazole rings is 1. The number of hydrogen-bond donors (Lipinski definition) is 2. The van der Waals surface area contributed by atoms with Crippen molar-refractivity contribution in [2.75, 3.05) is 6.54 Å². The number of aliphatic hydroxyl groups excluding tert-OH is 1. The van der Waals surface area contributed by atoms with E-state index in [0.29, 0.717) is 13.0 Å². The van der Waals surface area contributed by atoms with Gasteiger partial charge in [-0.2, -0.15) is 0 Å². The number of aromatic amines is 1. The summed E-state index contributed by atoms with van der Waals surface area (Å²) in [5.74, 6) is -0.367. The number of benzene rings is 1. The van der Waals surface area contributed by atoms with Gasteiger partial charge in [0.15, 0.2) is 5.76 Å². The highest BCUT2D eigenvalue weighted by Gasteiger charge is 2.39. The molecule has 6 heteroatoms. The highest BCUT2D eigenvalue weighted by Crippen LogP contribution is 2.41. The van der Waals surface area contributed by atoms with E-state index in [9.17, 15) is 9.90 Å². The molecule has 0 aliphatic carbocycles. The van der Waals surface area contributed by atoms with Gasteiger partial charge in [0.25, 0.3) is 5.91 Å². The first-order valence-corrected chi connectivity index (χ1v) is 8.95. The molecule has 1 aliphatic rings. The molecule has 1 aliphatic heterocycles. The normalized spacial score (nSPS) is 17.7. The molecule has 1 atom stereocenters. The topological polar surface area (TPSA) is 74.2 Å². The van der Waals surface area contributed by atoms with Gasteiger partial charge in [0.2, 0.25) is 0 Å². The summed E-state index contributed by atoms with van der Waals surface area (Å²) in [6, 6.07) is 7.84. The predicted molar refractivity (Wildman–Crippen MR) is 99.5 cm³/mol. The molecule has 0 saturated carbocycles. The Morgan fingerprint density at radius 2 is 2.12 bits per heavy atom. The first-order chi connectivity index (χ1) is 12.7. The monoisotopic (exact) mass is 350 g/mol. The first-order valence-electron chi connectivity index (χ1n) is 8.95. The Morgan fingerprint density at radius 3 is 2.88 bits per heavy atom. The molecule has 6 nitrogen and oxygen atoms in total. The second-order valence-corrected chi connectivity index (χ2v) is 6.57. The fraction of sp³-hybridized carbons (Fsp3) is 0.300.